The van der Waals surface area contributed by atoms with E-state index in [0.29, 0.717) is 11.0 Å². The maximum atomic E-state index is 5.59. The van der Waals surface area contributed by atoms with E-state index in [4.69, 9.17) is 12.2 Å². The van der Waals surface area contributed by atoms with Crippen molar-refractivity contribution in [1.29, 1.82) is 0 Å². The van der Waals surface area contributed by atoms with E-state index in [1.807, 2.05) is 0 Å². The zero-order chi connectivity index (χ0) is 19.7. The molecule has 2 N–H and O–H groups in total. The van der Waals surface area contributed by atoms with Gasteiger partial charge >= 0.3 is 0 Å². The first-order valence-electron chi connectivity index (χ1n) is 10.0. The molecule has 0 saturated carbocycles. The Bertz CT molecular complexity index is 920. The molecule has 1 aliphatic heterocycles. The van der Waals surface area contributed by atoms with E-state index in [2.05, 4.69) is 98.1 Å². The van der Waals surface area contributed by atoms with Gasteiger partial charge in [0.2, 0.25) is 0 Å². The highest BCUT2D eigenvalue weighted by Gasteiger charge is 2.37. The van der Waals surface area contributed by atoms with Crippen LogP contribution in [0.2, 0.25) is 0 Å². The third-order valence-electron chi connectivity index (χ3n) is 5.94. The second-order valence-electron chi connectivity index (χ2n) is 8.89. The largest absolute Gasteiger partial charge is 0.352 e. The molecule has 2 nitrogen and oxygen atoms in total. The molecule has 0 aromatic heterocycles. The summed E-state index contributed by atoms with van der Waals surface area (Å²) in [5.41, 5.74) is 6.76. The van der Waals surface area contributed by atoms with E-state index in [0.717, 1.165) is 12.8 Å². The van der Waals surface area contributed by atoms with Crippen LogP contribution in [0.25, 0.3) is 6.08 Å². The van der Waals surface area contributed by atoms with Gasteiger partial charge in [-0.1, -0.05) is 81.4 Å². The fraction of sp³-hybridized carbons (Fsp3) is 0.320. The van der Waals surface area contributed by atoms with Gasteiger partial charge in [-0.2, -0.15) is 0 Å². The molecule has 0 radical (unpaired) electrons. The van der Waals surface area contributed by atoms with Crippen LogP contribution in [0.1, 0.15) is 50.8 Å². The van der Waals surface area contributed by atoms with Gasteiger partial charge < -0.3 is 10.6 Å². The zero-order valence-electron chi connectivity index (χ0n) is 16.8. The molecule has 144 valence electrons. The minimum Gasteiger partial charge on any atom is -0.352 e. The summed E-state index contributed by atoms with van der Waals surface area (Å²) in [4.78, 5) is 0. The van der Waals surface area contributed by atoms with Crippen LogP contribution in [-0.2, 0) is 0 Å². The van der Waals surface area contributed by atoms with Gasteiger partial charge in [-0.3, -0.25) is 0 Å². The van der Waals surface area contributed by atoms with E-state index < -0.39 is 0 Å². The van der Waals surface area contributed by atoms with Crippen molar-refractivity contribution in [2.24, 2.45) is 11.3 Å². The molecule has 28 heavy (non-hydrogen) atoms. The van der Waals surface area contributed by atoms with Crippen molar-refractivity contribution in [2.45, 2.75) is 39.7 Å². The van der Waals surface area contributed by atoms with E-state index in [1.165, 1.54) is 28.0 Å². The van der Waals surface area contributed by atoms with Gasteiger partial charge in [0, 0.05) is 5.70 Å². The third kappa shape index (κ3) is 3.90. The number of nitrogens with one attached hydrogen (secondary N) is 2. The number of benzene rings is 2. The summed E-state index contributed by atoms with van der Waals surface area (Å²) >= 11 is 5.59. The normalized spacial score (nSPS) is 23.8. The first-order valence-corrected chi connectivity index (χ1v) is 10.4. The number of hydrogen-bond donors (Lipinski definition) is 2. The van der Waals surface area contributed by atoms with Crippen LogP contribution in [0.3, 0.4) is 0 Å². The first kappa shape index (κ1) is 18.9. The Hall–Kier alpha value is -2.39. The lowest BCUT2D eigenvalue weighted by molar-refractivity contribution is 0.226. The highest BCUT2D eigenvalue weighted by molar-refractivity contribution is 7.80. The molecule has 3 heteroatoms. The molecule has 0 bridgehead atoms. The molecule has 2 aromatic carbocycles. The topological polar surface area (TPSA) is 24.1 Å². The number of hydrogen-bond acceptors (Lipinski definition) is 1. The molecule has 0 amide bonds. The average Bonchev–Trinajstić information content (AvgIpc) is 2.68. The molecule has 1 aliphatic carbocycles. The Balaban J connectivity index is 1.84. The number of allylic oxidation sites excluding steroid dienone is 1. The monoisotopic (exact) mass is 388 g/mol. The number of rotatable bonds is 2. The fourth-order valence-corrected chi connectivity index (χ4v) is 4.45. The van der Waals surface area contributed by atoms with Crippen molar-refractivity contribution in [3.8, 4) is 0 Å². The SMILES string of the molecule is CC(C)(C)C1CC(=Cc2ccccc2)C2=C(C1)C(c1ccccc1)NC(=S)N2. The van der Waals surface area contributed by atoms with Crippen molar-refractivity contribution in [3.05, 3.63) is 88.6 Å². The average molecular weight is 389 g/mol. The van der Waals surface area contributed by atoms with Gasteiger partial charge in [-0.05, 0) is 64.7 Å². The van der Waals surface area contributed by atoms with Gasteiger partial charge in [-0.25, -0.2) is 0 Å². The van der Waals surface area contributed by atoms with Gasteiger partial charge in [0.1, 0.15) is 0 Å². The minimum atomic E-state index is 0.134. The highest BCUT2D eigenvalue weighted by atomic mass is 32.1. The Morgan fingerprint density at radius 1 is 0.929 bits per heavy atom. The van der Waals surface area contributed by atoms with E-state index >= 15 is 0 Å². The van der Waals surface area contributed by atoms with Crippen LogP contribution in [0.5, 0.6) is 0 Å². The van der Waals surface area contributed by atoms with Crippen molar-refractivity contribution in [1.82, 2.24) is 10.6 Å². The zero-order valence-corrected chi connectivity index (χ0v) is 17.6. The van der Waals surface area contributed by atoms with Crippen LogP contribution >= 0.6 is 12.2 Å². The van der Waals surface area contributed by atoms with Crippen LogP contribution < -0.4 is 10.6 Å². The quantitative estimate of drug-likeness (QED) is 0.617. The molecule has 0 fully saturated rings. The molecule has 0 spiro atoms. The van der Waals surface area contributed by atoms with Crippen molar-refractivity contribution >= 4 is 23.4 Å². The molecular weight excluding hydrogens is 360 g/mol. The molecule has 2 unspecified atom stereocenters. The molecule has 2 aromatic rings. The molecule has 2 atom stereocenters. The highest BCUT2D eigenvalue weighted by Crippen LogP contribution is 2.46. The maximum absolute atomic E-state index is 5.59. The molecule has 4 rings (SSSR count). The van der Waals surface area contributed by atoms with Crippen molar-refractivity contribution in [3.63, 3.8) is 0 Å². The Kier molecular flexibility index (Phi) is 5.11. The lowest BCUT2D eigenvalue weighted by Crippen LogP contribution is -2.46. The van der Waals surface area contributed by atoms with Gasteiger partial charge in [0.25, 0.3) is 0 Å². The second-order valence-corrected chi connectivity index (χ2v) is 9.30. The van der Waals surface area contributed by atoms with Crippen molar-refractivity contribution < 1.29 is 0 Å². The van der Waals surface area contributed by atoms with Crippen LogP contribution in [0.15, 0.2) is 77.5 Å². The molecular formula is C25H28N2S. The Morgan fingerprint density at radius 3 is 2.21 bits per heavy atom. The predicted molar refractivity (Wildman–Crippen MR) is 122 cm³/mol. The summed E-state index contributed by atoms with van der Waals surface area (Å²) in [6.45, 7) is 7.07. The fourth-order valence-electron chi connectivity index (χ4n) is 4.23. The summed E-state index contributed by atoms with van der Waals surface area (Å²) < 4.78 is 0. The van der Waals surface area contributed by atoms with E-state index in [9.17, 15) is 0 Å². The minimum absolute atomic E-state index is 0.134. The van der Waals surface area contributed by atoms with Crippen molar-refractivity contribution in [2.75, 3.05) is 0 Å². The molecule has 2 aliphatic rings. The Labute approximate surface area is 173 Å². The van der Waals surface area contributed by atoms with Crippen LogP contribution in [0, 0.1) is 11.3 Å². The first-order chi connectivity index (χ1) is 13.4. The lowest BCUT2D eigenvalue weighted by Gasteiger charge is -2.42. The summed E-state index contributed by atoms with van der Waals surface area (Å²) in [7, 11) is 0. The third-order valence-corrected chi connectivity index (χ3v) is 6.16. The molecule has 1 heterocycles. The van der Waals surface area contributed by atoms with Crippen LogP contribution in [-0.4, -0.2) is 5.11 Å². The molecule has 0 saturated heterocycles. The number of thiocarbonyl (C=S) groups is 1. The van der Waals surface area contributed by atoms with E-state index in [-0.39, 0.29) is 11.5 Å². The maximum Gasteiger partial charge on any atom is 0.171 e. The smallest absolute Gasteiger partial charge is 0.171 e. The van der Waals surface area contributed by atoms with E-state index in [1.54, 1.807) is 0 Å². The summed E-state index contributed by atoms with van der Waals surface area (Å²) in [5, 5.41) is 7.72. The summed E-state index contributed by atoms with van der Waals surface area (Å²) in [6.07, 6.45) is 4.47. The van der Waals surface area contributed by atoms with Gasteiger partial charge in [0.15, 0.2) is 5.11 Å². The summed E-state index contributed by atoms with van der Waals surface area (Å²) in [6, 6.07) is 21.4. The lowest BCUT2D eigenvalue weighted by atomic mass is 9.68. The van der Waals surface area contributed by atoms with Gasteiger partial charge in [-0.15, -0.1) is 0 Å². The Morgan fingerprint density at radius 2 is 1.57 bits per heavy atom. The van der Waals surface area contributed by atoms with Crippen LogP contribution in [0.4, 0.5) is 0 Å². The second kappa shape index (κ2) is 7.56. The summed E-state index contributed by atoms with van der Waals surface area (Å²) in [5.74, 6) is 0.586. The predicted octanol–water partition coefficient (Wildman–Crippen LogP) is 6.00. The standard InChI is InChI=1S/C25H28N2S/c1-25(2,3)20-15-19(14-17-10-6-4-7-11-17)23-21(16-20)22(26-24(28)27-23)18-12-8-5-9-13-18/h4-14,20,22H,15-16H2,1-3H3,(H2,26,27,28). The van der Waals surface area contributed by atoms with Gasteiger partial charge in [0.05, 0.1) is 6.04 Å².